The van der Waals surface area contributed by atoms with Crippen molar-refractivity contribution in [2.75, 3.05) is 26.6 Å². The standard InChI is InChI=1S/C12H17N5O2/c1-18-8-11(19-2)7-17-12(14-15-16-17)9-4-3-5-10(13)6-9/h3-6,11H,7-8,13H2,1-2H3. The van der Waals surface area contributed by atoms with Gasteiger partial charge in [-0.2, -0.15) is 0 Å². The largest absolute Gasteiger partial charge is 0.399 e. The SMILES string of the molecule is COCC(Cn1nnnc1-c1cccc(N)c1)OC. The molecule has 0 aliphatic heterocycles. The number of hydrogen-bond donors (Lipinski definition) is 1. The van der Waals surface area contributed by atoms with E-state index >= 15 is 0 Å². The Hall–Kier alpha value is -1.99. The van der Waals surface area contributed by atoms with E-state index in [4.69, 9.17) is 15.2 Å². The van der Waals surface area contributed by atoms with Crippen molar-refractivity contribution in [2.24, 2.45) is 0 Å². The Morgan fingerprint density at radius 1 is 1.37 bits per heavy atom. The third kappa shape index (κ3) is 3.27. The quantitative estimate of drug-likeness (QED) is 0.767. The minimum atomic E-state index is -0.103. The van der Waals surface area contributed by atoms with E-state index in [-0.39, 0.29) is 6.10 Å². The zero-order valence-electron chi connectivity index (χ0n) is 11.0. The van der Waals surface area contributed by atoms with Crippen molar-refractivity contribution in [3.05, 3.63) is 24.3 Å². The molecule has 0 saturated carbocycles. The molecule has 0 radical (unpaired) electrons. The highest BCUT2D eigenvalue weighted by Gasteiger charge is 2.14. The van der Waals surface area contributed by atoms with Crippen LogP contribution in [-0.2, 0) is 16.0 Å². The van der Waals surface area contributed by atoms with E-state index in [9.17, 15) is 0 Å². The molecule has 0 amide bonds. The van der Waals surface area contributed by atoms with Gasteiger partial charge in [-0.05, 0) is 22.6 Å². The second-order valence-corrected chi connectivity index (χ2v) is 4.12. The molecule has 2 N–H and O–H groups in total. The predicted molar refractivity (Wildman–Crippen MR) is 70.3 cm³/mol. The fraction of sp³-hybridized carbons (Fsp3) is 0.417. The van der Waals surface area contributed by atoms with E-state index in [2.05, 4.69) is 15.5 Å². The number of hydrogen-bond acceptors (Lipinski definition) is 6. The van der Waals surface area contributed by atoms with Crippen LogP contribution in [0.25, 0.3) is 11.4 Å². The number of nitrogens with two attached hydrogens (primary N) is 1. The molecule has 0 saturated heterocycles. The van der Waals surface area contributed by atoms with Gasteiger partial charge >= 0.3 is 0 Å². The summed E-state index contributed by atoms with van der Waals surface area (Å²) in [5, 5.41) is 11.7. The molecular weight excluding hydrogens is 246 g/mol. The Bertz CT molecular complexity index is 528. The number of ether oxygens (including phenoxy) is 2. The molecule has 1 unspecified atom stereocenters. The lowest BCUT2D eigenvalue weighted by atomic mass is 10.2. The Morgan fingerprint density at radius 3 is 2.89 bits per heavy atom. The highest BCUT2D eigenvalue weighted by atomic mass is 16.5. The monoisotopic (exact) mass is 263 g/mol. The van der Waals surface area contributed by atoms with Gasteiger partial charge in [0.15, 0.2) is 5.82 Å². The van der Waals surface area contributed by atoms with Crippen LogP contribution < -0.4 is 5.73 Å². The van der Waals surface area contributed by atoms with Crippen LogP contribution in [0, 0.1) is 0 Å². The van der Waals surface area contributed by atoms with Crippen LogP contribution in [0.3, 0.4) is 0 Å². The first kappa shape index (κ1) is 13.4. The minimum Gasteiger partial charge on any atom is -0.399 e. The van der Waals surface area contributed by atoms with Crippen molar-refractivity contribution in [3.63, 3.8) is 0 Å². The van der Waals surface area contributed by atoms with Gasteiger partial charge in [0.05, 0.1) is 13.2 Å². The van der Waals surface area contributed by atoms with Crippen molar-refractivity contribution in [1.29, 1.82) is 0 Å². The average molecular weight is 263 g/mol. The molecule has 1 atom stereocenters. The summed E-state index contributed by atoms with van der Waals surface area (Å²) in [7, 11) is 3.26. The van der Waals surface area contributed by atoms with Gasteiger partial charge < -0.3 is 15.2 Å². The van der Waals surface area contributed by atoms with Gasteiger partial charge in [-0.15, -0.1) is 5.10 Å². The number of rotatable bonds is 6. The van der Waals surface area contributed by atoms with Crippen LogP contribution in [0.4, 0.5) is 5.69 Å². The Morgan fingerprint density at radius 2 is 2.21 bits per heavy atom. The van der Waals surface area contributed by atoms with E-state index in [0.29, 0.717) is 24.7 Å². The van der Waals surface area contributed by atoms with Gasteiger partial charge in [0.1, 0.15) is 6.10 Å². The molecule has 7 nitrogen and oxygen atoms in total. The van der Waals surface area contributed by atoms with Gasteiger partial charge in [-0.3, -0.25) is 0 Å². The van der Waals surface area contributed by atoms with Crippen LogP contribution in [-0.4, -0.2) is 47.1 Å². The van der Waals surface area contributed by atoms with Crippen molar-refractivity contribution >= 4 is 5.69 Å². The second kappa shape index (κ2) is 6.26. The smallest absolute Gasteiger partial charge is 0.182 e. The maximum Gasteiger partial charge on any atom is 0.182 e. The number of anilines is 1. The normalized spacial score (nSPS) is 12.5. The topological polar surface area (TPSA) is 88.1 Å². The number of nitrogen functional groups attached to an aromatic ring is 1. The third-order valence-corrected chi connectivity index (χ3v) is 2.74. The number of tetrazole rings is 1. The summed E-state index contributed by atoms with van der Waals surface area (Å²) in [6.07, 6.45) is -0.103. The first-order chi connectivity index (χ1) is 9.24. The Balaban J connectivity index is 2.22. The third-order valence-electron chi connectivity index (χ3n) is 2.74. The highest BCUT2D eigenvalue weighted by molar-refractivity contribution is 5.60. The molecule has 1 aromatic carbocycles. The fourth-order valence-electron chi connectivity index (χ4n) is 1.79. The minimum absolute atomic E-state index is 0.103. The van der Waals surface area contributed by atoms with E-state index in [1.54, 1.807) is 18.9 Å². The molecule has 2 rings (SSSR count). The van der Waals surface area contributed by atoms with Crippen LogP contribution in [0.1, 0.15) is 0 Å². The van der Waals surface area contributed by atoms with Gasteiger partial charge in [0.25, 0.3) is 0 Å². The lowest BCUT2D eigenvalue weighted by molar-refractivity contribution is 0.0163. The summed E-state index contributed by atoms with van der Waals surface area (Å²) in [5.74, 6) is 0.658. The van der Waals surface area contributed by atoms with E-state index in [0.717, 1.165) is 5.56 Å². The number of benzene rings is 1. The second-order valence-electron chi connectivity index (χ2n) is 4.12. The maximum absolute atomic E-state index is 5.77. The maximum atomic E-state index is 5.77. The number of nitrogens with zero attached hydrogens (tertiary/aromatic N) is 4. The van der Waals surface area contributed by atoms with Crippen molar-refractivity contribution in [1.82, 2.24) is 20.2 Å². The summed E-state index contributed by atoms with van der Waals surface area (Å²) in [6, 6.07) is 7.43. The fourth-order valence-corrected chi connectivity index (χ4v) is 1.79. The molecule has 7 heteroatoms. The van der Waals surface area contributed by atoms with Gasteiger partial charge in [0.2, 0.25) is 0 Å². The number of aromatic nitrogens is 4. The van der Waals surface area contributed by atoms with Crippen molar-refractivity contribution < 1.29 is 9.47 Å². The summed E-state index contributed by atoms with van der Waals surface area (Å²) < 4.78 is 12.1. The summed E-state index contributed by atoms with van der Waals surface area (Å²) >= 11 is 0. The predicted octanol–water partition coefficient (Wildman–Crippen LogP) is 0.584. The Labute approximate surface area is 111 Å². The average Bonchev–Trinajstić information content (AvgIpc) is 2.86. The zero-order chi connectivity index (χ0) is 13.7. The first-order valence-corrected chi connectivity index (χ1v) is 5.88. The molecule has 1 heterocycles. The van der Waals surface area contributed by atoms with E-state index in [1.165, 1.54) is 0 Å². The number of methoxy groups -OCH3 is 2. The Kier molecular flexibility index (Phi) is 4.43. The first-order valence-electron chi connectivity index (χ1n) is 5.88. The van der Waals surface area contributed by atoms with Crippen molar-refractivity contribution in [3.8, 4) is 11.4 Å². The lowest BCUT2D eigenvalue weighted by Crippen LogP contribution is -2.24. The van der Waals surface area contributed by atoms with Crippen LogP contribution >= 0.6 is 0 Å². The molecular formula is C12H17N5O2. The summed E-state index contributed by atoms with van der Waals surface area (Å²) in [5.41, 5.74) is 7.31. The van der Waals surface area contributed by atoms with E-state index < -0.39 is 0 Å². The lowest BCUT2D eigenvalue weighted by Gasteiger charge is -2.14. The molecule has 0 aliphatic carbocycles. The molecule has 1 aromatic heterocycles. The summed E-state index contributed by atoms with van der Waals surface area (Å²) in [4.78, 5) is 0. The van der Waals surface area contributed by atoms with E-state index in [1.807, 2.05) is 24.3 Å². The molecule has 0 bridgehead atoms. The zero-order valence-corrected chi connectivity index (χ0v) is 11.0. The van der Waals surface area contributed by atoms with Crippen LogP contribution in [0.5, 0.6) is 0 Å². The molecule has 0 aliphatic rings. The van der Waals surface area contributed by atoms with Crippen LogP contribution in [0.15, 0.2) is 24.3 Å². The molecule has 19 heavy (non-hydrogen) atoms. The van der Waals surface area contributed by atoms with Crippen LogP contribution in [0.2, 0.25) is 0 Å². The molecule has 0 fully saturated rings. The summed E-state index contributed by atoms with van der Waals surface area (Å²) in [6.45, 7) is 0.994. The molecule has 2 aromatic rings. The molecule has 102 valence electrons. The van der Waals surface area contributed by atoms with Crippen molar-refractivity contribution in [2.45, 2.75) is 12.6 Å². The van der Waals surface area contributed by atoms with Gasteiger partial charge in [0, 0.05) is 25.5 Å². The highest BCUT2D eigenvalue weighted by Crippen LogP contribution is 2.18. The molecule has 0 spiro atoms. The van der Waals surface area contributed by atoms with Gasteiger partial charge in [-0.25, -0.2) is 4.68 Å². The van der Waals surface area contributed by atoms with Gasteiger partial charge in [-0.1, -0.05) is 12.1 Å².